The Bertz CT molecular complexity index is 499. The lowest BCUT2D eigenvalue weighted by Crippen LogP contribution is -1.95. The van der Waals surface area contributed by atoms with E-state index in [-0.39, 0.29) is 5.78 Å². The van der Waals surface area contributed by atoms with Gasteiger partial charge in [0.15, 0.2) is 0 Å². The Labute approximate surface area is 88.8 Å². The fraction of sp³-hybridized carbons (Fsp3) is 0.333. The van der Waals surface area contributed by atoms with Crippen LogP contribution in [0.15, 0.2) is 24.5 Å². The molecule has 0 unspecified atom stereocenters. The van der Waals surface area contributed by atoms with Crippen LogP contribution >= 0.6 is 0 Å². The molecule has 2 heterocycles. The number of hydrogen-bond donors (Lipinski definition) is 0. The van der Waals surface area contributed by atoms with Gasteiger partial charge in [-0.25, -0.2) is 4.98 Å². The first-order valence-electron chi connectivity index (χ1n) is 5.09. The van der Waals surface area contributed by atoms with Crippen LogP contribution in [0.1, 0.15) is 24.6 Å². The zero-order valence-electron chi connectivity index (χ0n) is 9.03. The van der Waals surface area contributed by atoms with Gasteiger partial charge in [0, 0.05) is 24.5 Å². The second-order valence-corrected chi connectivity index (χ2v) is 3.86. The van der Waals surface area contributed by atoms with E-state index in [1.54, 1.807) is 6.92 Å². The van der Waals surface area contributed by atoms with Crippen LogP contribution in [0.5, 0.6) is 0 Å². The number of carbonyl (C=O) groups is 1. The normalized spacial score (nSPS) is 10.8. The Morgan fingerprint density at radius 2 is 2.33 bits per heavy atom. The van der Waals surface area contributed by atoms with E-state index in [4.69, 9.17) is 0 Å². The number of fused-ring (bicyclic) bond motifs is 1. The van der Waals surface area contributed by atoms with Crippen molar-refractivity contribution in [3.05, 3.63) is 35.8 Å². The van der Waals surface area contributed by atoms with Crippen molar-refractivity contribution in [2.24, 2.45) is 0 Å². The van der Waals surface area contributed by atoms with Gasteiger partial charge in [-0.2, -0.15) is 0 Å². The second-order valence-electron chi connectivity index (χ2n) is 3.86. The first kappa shape index (κ1) is 9.90. The topological polar surface area (TPSA) is 34.4 Å². The molecule has 2 aromatic heterocycles. The highest BCUT2D eigenvalue weighted by molar-refractivity contribution is 5.75. The number of carbonyl (C=O) groups excluding carboxylic acids is 1. The molecule has 2 rings (SSSR count). The zero-order valence-corrected chi connectivity index (χ0v) is 9.03. The molecular formula is C12H14N2O. The zero-order chi connectivity index (χ0) is 10.8. The van der Waals surface area contributed by atoms with Crippen LogP contribution in [0.2, 0.25) is 0 Å². The third-order valence-electron chi connectivity index (χ3n) is 2.53. The van der Waals surface area contributed by atoms with E-state index in [0.29, 0.717) is 6.42 Å². The summed E-state index contributed by atoms with van der Waals surface area (Å²) in [7, 11) is 0. The van der Waals surface area contributed by atoms with Crippen molar-refractivity contribution in [1.82, 2.24) is 9.38 Å². The fourth-order valence-corrected chi connectivity index (χ4v) is 1.63. The van der Waals surface area contributed by atoms with Crippen molar-refractivity contribution >= 4 is 11.4 Å². The van der Waals surface area contributed by atoms with Gasteiger partial charge in [-0.05, 0) is 38.0 Å². The van der Waals surface area contributed by atoms with Crippen LogP contribution in [-0.2, 0) is 11.2 Å². The molecule has 0 amide bonds. The molecule has 15 heavy (non-hydrogen) atoms. The summed E-state index contributed by atoms with van der Waals surface area (Å²) in [6.45, 7) is 3.65. The minimum atomic E-state index is 0.231. The lowest BCUT2D eigenvalue weighted by Gasteiger charge is -2.01. The summed E-state index contributed by atoms with van der Waals surface area (Å²) >= 11 is 0. The Balaban J connectivity index is 2.27. The van der Waals surface area contributed by atoms with E-state index in [1.807, 2.05) is 35.9 Å². The maximum Gasteiger partial charge on any atom is 0.137 e. The standard InChI is InChI=1S/C12H14N2O/c1-9-8-13-12-7-11(4-3-10(2)15)5-6-14(9)12/h5-8H,3-4H2,1-2H3. The number of hydrogen-bond acceptors (Lipinski definition) is 2. The molecule has 0 aliphatic heterocycles. The smallest absolute Gasteiger partial charge is 0.137 e. The summed E-state index contributed by atoms with van der Waals surface area (Å²) in [5.74, 6) is 0.231. The van der Waals surface area contributed by atoms with E-state index in [0.717, 1.165) is 17.8 Å². The third-order valence-corrected chi connectivity index (χ3v) is 2.53. The van der Waals surface area contributed by atoms with Crippen LogP contribution in [0.25, 0.3) is 5.65 Å². The molecule has 0 N–H and O–H groups in total. The van der Waals surface area contributed by atoms with Crippen LogP contribution in [0.3, 0.4) is 0 Å². The van der Waals surface area contributed by atoms with Crippen molar-refractivity contribution in [3.8, 4) is 0 Å². The van der Waals surface area contributed by atoms with Gasteiger partial charge in [-0.1, -0.05) is 0 Å². The highest BCUT2D eigenvalue weighted by Gasteiger charge is 2.01. The molecule has 2 aromatic rings. The van der Waals surface area contributed by atoms with Gasteiger partial charge in [0.25, 0.3) is 0 Å². The summed E-state index contributed by atoms with van der Waals surface area (Å²) in [6, 6.07) is 4.08. The quantitative estimate of drug-likeness (QED) is 0.764. The molecule has 0 aliphatic carbocycles. The predicted octanol–water partition coefficient (Wildman–Crippen LogP) is 2.16. The molecule has 0 atom stereocenters. The Morgan fingerprint density at radius 3 is 3.07 bits per heavy atom. The van der Waals surface area contributed by atoms with E-state index >= 15 is 0 Å². The van der Waals surface area contributed by atoms with Crippen molar-refractivity contribution in [3.63, 3.8) is 0 Å². The number of aromatic nitrogens is 2. The number of imidazole rings is 1. The van der Waals surface area contributed by atoms with Crippen LogP contribution in [0.4, 0.5) is 0 Å². The summed E-state index contributed by atoms with van der Waals surface area (Å²) < 4.78 is 2.04. The molecule has 3 heteroatoms. The van der Waals surface area contributed by atoms with Gasteiger partial charge in [-0.3, -0.25) is 0 Å². The van der Waals surface area contributed by atoms with Crippen LogP contribution in [-0.4, -0.2) is 15.2 Å². The number of rotatable bonds is 3. The lowest BCUT2D eigenvalue weighted by atomic mass is 10.1. The average molecular weight is 202 g/mol. The minimum absolute atomic E-state index is 0.231. The highest BCUT2D eigenvalue weighted by atomic mass is 16.1. The van der Waals surface area contributed by atoms with Crippen LogP contribution in [0, 0.1) is 6.92 Å². The van der Waals surface area contributed by atoms with E-state index in [2.05, 4.69) is 4.98 Å². The largest absolute Gasteiger partial charge is 0.304 e. The molecule has 0 saturated heterocycles. The van der Waals surface area contributed by atoms with E-state index in [1.165, 1.54) is 5.56 Å². The minimum Gasteiger partial charge on any atom is -0.304 e. The lowest BCUT2D eigenvalue weighted by molar-refractivity contribution is -0.116. The number of aryl methyl sites for hydroxylation is 2. The Kier molecular flexibility index (Phi) is 2.54. The first-order valence-corrected chi connectivity index (χ1v) is 5.09. The van der Waals surface area contributed by atoms with E-state index in [9.17, 15) is 4.79 Å². The number of ketones is 1. The van der Waals surface area contributed by atoms with Gasteiger partial charge < -0.3 is 9.20 Å². The molecule has 0 saturated carbocycles. The summed E-state index contributed by atoms with van der Waals surface area (Å²) in [6.07, 6.45) is 5.27. The fourth-order valence-electron chi connectivity index (χ4n) is 1.63. The van der Waals surface area contributed by atoms with Gasteiger partial charge in [-0.15, -0.1) is 0 Å². The Morgan fingerprint density at radius 1 is 1.53 bits per heavy atom. The molecule has 0 fully saturated rings. The summed E-state index contributed by atoms with van der Waals surface area (Å²) in [5.41, 5.74) is 3.25. The average Bonchev–Trinajstić information content (AvgIpc) is 2.57. The molecular weight excluding hydrogens is 188 g/mol. The van der Waals surface area contributed by atoms with Gasteiger partial charge in [0.1, 0.15) is 11.4 Å². The SMILES string of the molecule is CC(=O)CCc1ccn2c(C)cnc2c1. The molecule has 0 bridgehead atoms. The van der Waals surface area contributed by atoms with Crippen molar-refractivity contribution < 1.29 is 4.79 Å². The maximum atomic E-state index is 10.9. The summed E-state index contributed by atoms with van der Waals surface area (Å²) in [5, 5.41) is 0. The molecule has 3 nitrogen and oxygen atoms in total. The molecule has 0 radical (unpaired) electrons. The number of nitrogens with zero attached hydrogens (tertiary/aromatic N) is 2. The van der Waals surface area contributed by atoms with Crippen molar-refractivity contribution in [2.45, 2.75) is 26.7 Å². The van der Waals surface area contributed by atoms with E-state index < -0.39 is 0 Å². The van der Waals surface area contributed by atoms with Crippen molar-refractivity contribution in [1.29, 1.82) is 0 Å². The first-order chi connectivity index (χ1) is 7.16. The van der Waals surface area contributed by atoms with Gasteiger partial charge in [0.2, 0.25) is 0 Å². The molecule has 0 spiro atoms. The van der Waals surface area contributed by atoms with Gasteiger partial charge in [0.05, 0.1) is 0 Å². The third kappa shape index (κ3) is 2.06. The monoisotopic (exact) mass is 202 g/mol. The summed E-state index contributed by atoms with van der Waals surface area (Å²) in [4.78, 5) is 15.1. The molecule has 78 valence electrons. The van der Waals surface area contributed by atoms with Crippen molar-refractivity contribution in [2.75, 3.05) is 0 Å². The second kappa shape index (κ2) is 3.85. The number of pyridine rings is 1. The molecule has 0 aliphatic rings. The number of Topliss-reactive ketones (excluding diaryl/α,β-unsaturated/α-hetero) is 1. The maximum absolute atomic E-state index is 10.9. The van der Waals surface area contributed by atoms with Crippen LogP contribution < -0.4 is 0 Å². The van der Waals surface area contributed by atoms with Gasteiger partial charge >= 0.3 is 0 Å². The predicted molar refractivity (Wildman–Crippen MR) is 58.9 cm³/mol. The highest BCUT2D eigenvalue weighted by Crippen LogP contribution is 2.10. The molecule has 0 aromatic carbocycles. The Hall–Kier alpha value is -1.64.